The fraction of sp³-hybridized carbons (Fsp3) is 0.462. The highest BCUT2D eigenvalue weighted by molar-refractivity contribution is 7.99. The SMILES string of the molecule is CC(C)[C@@H](CSc1ccccc1)NC(=O)C(Cl)(Cl)Cl. The van der Waals surface area contributed by atoms with Crippen LogP contribution in [-0.4, -0.2) is 21.5 Å². The normalized spacial score (nSPS) is 13.4. The van der Waals surface area contributed by atoms with E-state index in [0.29, 0.717) is 0 Å². The fourth-order valence-corrected chi connectivity index (χ4v) is 2.71. The second kappa shape index (κ2) is 7.63. The first-order chi connectivity index (χ1) is 8.80. The molecule has 0 aliphatic carbocycles. The van der Waals surface area contributed by atoms with Crippen LogP contribution in [0, 0.1) is 5.92 Å². The average Bonchev–Trinajstić information content (AvgIpc) is 2.33. The van der Waals surface area contributed by atoms with Crippen molar-refractivity contribution in [2.45, 2.75) is 28.6 Å². The lowest BCUT2D eigenvalue weighted by molar-refractivity contribution is -0.121. The summed E-state index contributed by atoms with van der Waals surface area (Å²) >= 11 is 18.4. The second-order valence-corrected chi connectivity index (χ2v) is 7.82. The van der Waals surface area contributed by atoms with E-state index in [-0.39, 0.29) is 12.0 Å². The van der Waals surface area contributed by atoms with Crippen LogP contribution < -0.4 is 5.32 Å². The Hall–Kier alpha value is -0.0900. The van der Waals surface area contributed by atoms with Crippen molar-refractivity contribution in [2.75, 3.05) is 5.75 Å². The number of thioether (sulfide) groups is 1. The van der Waals surface area contributed by atoms with Gasteiger partial charge in [0.1, 0.15) is 0 Å². The van der Waals surface area contributed by atoms with E-state index in [1.807, 2.05) is 44.2 Å². The highest BCUT2D eigenvalue weighted by Gasteiger charge is 2.32. The minimum atomic E-state index is -1.91. The van der Waals surface area contributed by atoms with E-state index in [0.717, 1.165) is 10.6 Å². The van der Waals surface area contributed by atoms with Crippen LogP contribution in [-0.2, 0) is 4.79 Å². The van der Waals surface area contributed by atoms with Crippen molar-refractivity contribution in [3.63, 3.8) is 0 Å². The molecule has 0 aliphatic heterocycles. The number of nitrogens with one attached hydrogen (secondary N) is 1. The van der Waals surface area contributed by atoms with Gasteiger partial charge in [0.2, 0.25) is 0 Å². The van der Waals surface area contributed by atoms with Crippen molar-refractivity contribution in [3.8, 4) is 0 Å². The van der Waals surface area contributed by atoms with E-state index in [9.17, 15) is 4.79 Å². The van der Waals surface area contributed by atoms with Crippen LogP contribution in [0.4, 0.5) is 0 Å². The molecule has 1 atom stereocenters. The molecule has 1 rings (SSSR count). The number of alkyl halides is 3. The molecule has 1 amide bonds. The number of benzene rings is 1. The Kier molecular flexibility index (Phi) is 6.81. The van der Waals surface area contributed by atoms with Gasteiger partial charge in [-0.2, -0.15) is 0 Å². The lowest BCUT2D eigenvalue weighted by Crippen LogP contribution is -2.45. The van der Waals surface area contributed by atoms with Crippen molar-refractivity contribution in [1.29, 1.82) is 0 Å². The van der Waals surface area contributed by atoms with E-state index in [1.54, 1.807) is 11.8 Å². The third kappa shape index (κ3) is 6.26. The van der Waals surface area contributed by atoms with Crippen LogP contribution in [0.3, 0.4) is 0 Å². The third-order valence-corrected chi connectivity index (χ3v) is 4.20. The quantitative estimate of drug-likeness (QED) is 0.640. The summed E-state index contributed by atoms with van der Waals surface area (Å²) in [5.41, 5.74) is 0. The molecule has 0 saturated heterocycles. The summed E-state index contributed by atoms with van der Waals surface area (Å²) < 4.78 is -1.91. The van der Waals surface area contributed by atoms with Gasteiger partial charge in [0.25, 0.3) is 9.70 Å². The molecular weight excluding hydrogens is 325 g/mol. The maximum Gasteiger partial charge on any atom is 0.272 e. The van der Waals surface area contributed by atoms with Crippen LogP contribution in [0.2, 0.25) is 0 Å². The molecule has 0 spiro atoms. The zero-order chi connectivity index (χ0) is 14.5. The third-order valence-electron chi connectivity index (χ3n) is 2.55. The highest BCUT2D eigenvalue weighted by Crippen LogP contribution is 2.27. The van der Waals surface area contributed by atoms with Crippen LogP contribution in [0.15, 0.2) is 35.2 Å². The van der Waals surface area contributed by atoms with E-state index in [2.05, 4.69) is 5.32 Å². The Morgan fingerprint density at radius 1 is 1.26 bits per heavy atom. The van der Waals surface area contributed by atoms with Gasteiger partial charge in [-0.15, -0.1) is 11.8 Å². The first-order valence-electron chi connectivity index (χ1n) is 5.86. The average molecular weight is 341 g/mol. The van der Waals surface area contributed by atoms with Crippen molar-refractivity contribution in [2.24, 2.45) is 5.92 Å². The Labute approximate surface area is 133 Å². The molecule has 0 saturated carbocycles. The standard InChI is InChI=1S/C13H16Cl3NOS/c1-9(2)11(17-12(18)13(14,15)16)8-19-10-6-4-3-5-7-10/h3-7,9,11H,8H2,1-2H3,(H,17,18)/t11-/m1/s1. The second-order valence-electron chi connectivity index (χ2n) is 4.45. The molecule has 1 N–H and O–H groups in total. The molecule has 1 aromatic carbocycles. The van der Waals surface area contributed by atoms with Crippen LogP contribution >= 0.6 is 46.6 Å². The maximum absolute atomic E-state index is 11.7. The van der Waals surface area contributed by atoms with Gasteiger partial charge in [0.15, 0.2) is 0 Å². The first-order valence-corrected chi connectivity index (χ1v) is 7.98. The summed E-state index contributed by atoms with van der Waals surface area (Å²) in [5, 5.41) is 2.77. The van der Waals surface area contributed by atoms with E-state index in [4.69, 9.17) is 34.8 Å². The number of carbonyl (C=O) groups is 1. The van der Waals surface area contributed by atoms with Crippen LogP contribution in [0.5, 0.6) is 0 Å². The van der Waals surface area contributed by atoms with E-state index in [1.165, 1.54) is 0 Å². The number of hydrogen-bond acceptors (Lipinski definition) is 2. The molecule has 106 valence electrons. The molecule has 2 nitrogen and oxygen atoms in total. The van der Waals surface area contributed by atoms with Gasteiger partial charge in [0, 0.05) is 16.7 Å². The largest absolute Gasteiger partial charge is 0.349 e. The molecule has 1 aromatic rings. The molecule has 0 unspecified atom stereocenters. The van der Waals surface area contributed by atoms with E-state index >= 15 is 0 Å². The summed E-state index contributed by atoms with van der Waals surface area (Å²) in [4.78, 5) is 12.8. The maximum atomic E-state index is 11.7. The summed E-state index contributed by atoms with van der Waals surface area (Å²) in [7, 11) is 0. The monoisotopic (exact) mass is 339 g/mol. The predicted octanol–water partition coefficient (Wildman–Crippen LogP) is 4.29. The number of hydrogen-bond donors (Lipinski definition) is 1. The molecular formula is C13H16Cl3NOS. The van der Waals surface area contributed by atoms with Crippen molar-refractivity contribution >= 4 is 52.5 Å². The molecule has 0 aromatic heterocycles. The van der Waals surface area contributed by atoms with Gasteiger partial charge in [-0.05, 0) is 18.1 Å². The van der Waals surface area contributed by atoms with Gasteiger partial charge in [-0.25, -0.2) is 0 Å². The van der Waals surface area contributed by atoms with Gasteiger partial charge in [0.05, 0.1) is 0 Å². The lowest BCUT2D eigenvalue weighted by atomic mass is 10.1. The van der Waals surface area contributed by atoms with Crippen molar-refractivity contribution in [1.82, 2.24) is 5.32 Å². The molecule has 19 heavy (non-hydrogen) atoms. The minimum Gasteiger partial charge on any atom is -0.349 e. The van der Waals surface area contributed by atoms with Gasteiger partial charge >= 0.3 is 0 Å². The van der Waals surface area contributed by atoms with Gasteiger partial charge in [-0.3, -0.25) is 4.79 Å². The van der Waals surface area contributed by atoms with Crippen molar-refractivity contribution in [3.05, 3.63) is 30.3 Å². The lowest BCUT2D eigenvalue weighted by Gasteiger charge is -2.24. The molecule has 0 bridgehead atoms. The first kappa shape index (κ1) is 17.0. The number of carbonyl (C=O) groups excluding carboxylic acids is 1. The van der Waals surface area contributed by atoms with Crippen LogP contribution in [0.1, 0.15) is 13.8 Å². The Balaban J connectivity index is 2.57. The molecule has 0 fully saturated rings. The molecule has 0 radical (unpaired) electrons. The summed E-state index contributed by atoms with van der Waals surface area (Å²) in [6.45, 7) is 4.05. The Morgan fingerprint density at radius 3 is 2.32 bits per heavy atom. The zero-order valence-corrected chi connectivity index (χ0v) is 13.8. The van der Waals surface area contributed by atoms with Gasteiger partial charge < -0.3 is 5.32 Å². The van der Waals surface area contributed by atoms with Crippen molar-refractivity contribution < 1.29 is 4.79 Å². The summed E-state index contributed by atoms with van der Waals surface area (Å²) in [6.07, 6.45) is 0. The Morgan fingerprint density at radius 2 is 1.84 bits per heavy atom. The topological polar surface area (TPSA) is 29.1 Å². The Bertz CT molecular complexity index is 406. The fourth-order valence-electron chi connectivity index (χ4n) is 1.35. The molecule has 6 heteroatoms. The van der Waals surface area contributed by atoms with Crippen LogP contribution in [0.25, 0.3) is 0 Å². The zero-order valence-electron chi connectivity index (χ0n) is 10.7. The summed E-state index contributed by atoms with van der Waals surface area (Å²) in [6, 6.07) is 9.93. The molecule has 0 heterocycles. The number of amides is 1. The minimum absolute atomic E-state index is 0.0478. The number of rotatable bonds is 5. The smallest absolute Gasteiger partial charge is 0.272 e. The number of halogens is 3. The van der Waals surface area contributed by atoms with Gasteiger partial charge in [-0.1, -0.05) is 66.8 Å². The predicted molar refractivity (Wildman–Crippen MR) is 84.2 cm³/mol. The highest BCUT2D eigenvalue weighted by atomic mass is 35.6. The van der Waals surface area contributed by atoms with E-state index < -0.39 is 9.70 Å². The molecule has 0 aliphatic rings. The summed E-state index contributed by atoms with van der Waals surface area (Å²) in [5.74, 6) is 0.408.